The molecule has 11 heavy (non-hydrogen) atoms. The lowest BCUT2D eigenvalue weighted by Gasteiger charge is -2.25. The summed E-state index contributed by atoms with van der Waals surface area (Å²) in [5.74, 6) is 0.335. The molecule has 64 valence electrons. The maximum atomic E-state index is 9.52. The smallest absolute Gasteiger partial charge is 0.0624 e. The van der Waals surface area contributed by atoms with Gasteiger partial charge in [0.25, 0.3) is 0 Å². The summed E-state index contributed by atoms with van der Waals surface area (Å²) in [7, 11) is 0. The van der Waals surface area contributed by atoms with Crippen molar-refractivity contribution in [2.45, 2.75) is 25.4 Å². The second kappa shape index (κ2) is 4.52. The van der Waals surface area contributed by atoms with Gasteiger partial charge >= 0.3 is 0 Å². The summed E-state index contributed by atoms with van der Waals surface area (Å²) in [4.78, 5) is 0. The molecule has 1 aliphatic heterocycles. The van der Waals surface area contributed by atoms with Gasteiger partial charge in [0.2, 0.25) is 0 Å². The van der Waals surface area contributed by atoms with Crippen LogP contribution >= 0.6 is 0 Å². The molecule has 1 heterocycles. The Labute approximate surface area is 67.9 Å². The van der Waals surface area contributed by atoms with Crippen molar-refractivity contribution in [1.29, 1.82) is 0 Å². The molecular formula is C9H16O2. The molecule has 2 nitrogen and oxygen atoms in total. The highest BCUT2D eigenvalue weighted by Crippen LogP contribution is 2.19. The van der Waals surface area contributed by atoms with Crippen LogP contribution in [0.1, 0.15) is 19.3 Å². The van der Waals surface area contributed by atoms with Gasteiger partial charge in [0.15, 0.2) is 0 Å². The monoisotopic (exact) mass is 156 g/mol. The predicted octanol–water partition coefficient (Wildman–Crippen LogP) is 1.35. The Hall–Kier alpha value is -0.340. The van der Waals surface area contributed by atoms with Gasteiger partial charge in [0.1, 0.15) is 0 Å². The SMILES string of the molecule is C=CCC(O)C1CCCOC1. The van der Waals surface area contributed by atoms with Gasteiger partial charge in [0, 0.05) is 12.5 Å². The number of aliphatic hydroxyl groups is 1. The third-order valence-corrected chi connectivity index (χ3v) is 2.15. The van der Waals surface area contributed by atoms with Crippen LogP contribution in [0.15, 0.2) is 12.7 Å². The molecule has 0 aliphatic carbocycles. The molecule has 1 saturated heterocycles. The molecular weight excluding hydrogens is 140 g/mol. The Bertz CT molecular complexity index is 117. The standard InChI is InChI=1S/C9H16O2/c1-2-4-9(10)8-5-3-6-11-7-8/h2,8-10H,1,3-7H2. The van der Waals surface area contributed by atoms with E-state index < -0.39 is 0 Å². The molecule has 1 aliphatic rings. The third kappa shape index (κ3) is 2.64. The number of rotatable bonds is 3. The fraction of sp³-hybridized carbons (Fsp3) is 0.778. The summed E-state index contributed by atoms with van der Waals surface area (Å²) >= 11 is 0. The van der Waals surface area contributed by atoms with Crippen LogP contribution in [0.3, 0.4) is 0 Å². The molecule has 0 saturated carbocycles. The first-order chi connectivity index (χ1) is 5.34. The van der Waals surface area contributed by atoms with Gasteiger partial charge in [-0.25, -0.2) is 0 Å². The first-order valence-electron chi connectivity index (χ1n) is 4.21. The van der Waals surface area contributed by atoms with Crippen LogP contribution in [0.4, 0.5) is 0 Å². The second-order valence-electron chi connectivity index (χ2n) is 3.07. The van der Waals surface area contributed by atoms with E-state index in [2.05, 4.69) is 6.58 Å². The van der Waals surface area contributed by atoms with Crippen LogP contribution in [0.5, 0.6) is 0 Å². The van der Waals surface area contributed by atoms with E-state index in [0.29, 0.717) is 12.3 Å². The quantitative estimate of drug-likeness (QED) is 0.625. The minimum Gasteiger partial charge on any atom is -0.392 e. The minimum absolute atomic E-state index is 0.243. The molecule has 0 spiro atoms. The zero-order valence-electron chi connectivity index (χ0n) is 6.83. The molecule has 0 aromatic carbocycles. The van der Waals surface area contributed by atoms with Gasteiger partial charge in [-0.1, -0.05) is 6.08 Å². The average Bonchev–Trinajstić information content (AvgIpc) is 2.07. The number of ether oxygens (including phenoxy) is 1. The molecule has 2 heteroatoms. The molecule has 0 aromatic rings. The Morgan fingerprint density at radius 1 is 1.73 bits per heavy atom. The van der Waals surface area contributed by atoms with Crippen molar-refractivity contribution in [3.63, 3.8) is 0 Å². The Balaban J connectivity index is 2.26. The molecule has 0 bridgehead atoms. The molecule has 1 rings (SSSR count). The van der Waals surface area contributed by atoms with E-state index in [-0.39, 0.29) is 6.10 Å². The van der Waals surface area contributed by atoms with Crippen molar-refractivity contribution in [1.82, 2.24) is 0 Å². The van der Waals surface area contributed by atoms with Crippen molar-refractivity contribution >= 4 is 0 Å². The maximum Gasteiger partial charge on any atom is 0.0624 e. The number of aliphatic hydroxyl groups excluding tert-OH is 1. The van der Waals surface area contributed by atoms with E-state index in [0.717, 1.165) is 26.1 Å². The van der Waals surface area contributed by atoms with Crippen molar-refractivity contribution < 1.29 is 9.84 Å². The number of hydrogen-bond donors (Lipinski definition) is 1. The fourth-order valence-corrected chi connectivity index (χ4v) is 1.43. The molecule has 2 atom stereocenters. The predicted molar refractivity (Wildman–Crippen MR) is 44.4 cm³/mol. The summed E-state index contributed by atoms with van der Waals surface area (Å²) in [5, 5.41) is 9.52. The summed E-state index contributed by atoms with van der Waals surface area (Å²) in [5.41, 5.74) is 0. The van der Waals surface area contributed by atoms with Crippen molar-refractivity contribution in [3.05, 3.63) is 12.7 Å². The average molecular weight is 156 g/mol. The highest BCUT2D eigenvalue weighted by molar-refractivity contribution is 4.79. The van der Waals surface area contributed by atoms with Gasteiger partial charge in [-0.3, -0.25) is 0 Å². The van der Waals surface area contributed by atoms with Gasteiger partial charge in [-0.15, -0.1) is 6.58 Å². The van der Waals surface area contributed by atoms with E-state index >= 15 is 0 Å². The van der Waals surface area contributed by atoms with E-state index in [1.807, 2.05) is 0 Å². The minimum atomic E-state index is -0.243. The van der Waals surface area contributed by atoms with Crippen LogP contribution in [0.2, 0.25) is 0 Å². The molecule has 1 fully saturated rings. The second-order valence-corrected chi connectivity index (χ2v) is 3.07. The summed E-state index contributed by atoms with van der Waals surface area (Å²) in [6.07, 6.45) is 4.38. The summed E-state index contributed by atoms with van der Waals surface area (Å²) in [6, 6.07) is 0. The van der Waals surface area contributed by atoms with E-state index in [9.17, 15) is 5.11 Å². The van der Waals surface area contributed by atoms with Crippen molar-refractivity contribution in [2.24, 2.45) is 5.92 Å². The maximum absolute atomic E-state index is 9.52. The summed E-state index contributed by atoms with van der Waals surface area (Å²) in [6.45, 7) is 5.17. The first-order valence-corrected chi connectivity index (χ1v) is 4.21. The third-order valence-electron chi connectivity index (χ3n) is 2.15. The molecule has 0 aromatic heterocycles. The van der Waals surface area contributed by atoms with Crippen molar-refractivity contribution in [3.8, 4) is 0 Å². The highest BCUT2D eigenvalue weighted by Gasteiger charge is 2.20. The lowest BCUT2D eigenvalue weighted by molar-refractivity contribution is -0.00749. The van der Waals surface area contributed by atoms with Gasteiger partial charge in [-0.05, 0) is 19.3 Å². The first kappa shape index (κ1) is 8.75. The van der Waals surface area contributed by atoms with Crippen LogP contribution in [0, 0.1) is 5.92 Å². The largest absolute Gasteiger partial charge is 0.392 e. The van der Waals surface area contributed by atoms with Crippen molar-refractivity contribution in [2.75, 3.05) is 13.2 Å². The van der Waals surface area contributed by atoms with E-state index in [1.165, 1.54) is 0 Å². The topological polar surface area (TPSA) is 29.5 Å². The normalized spacial score (nSPS) is 27.9. The van der Waals surface area contributed by atoms with Crippen LogP contribution in [-0.2, 0) is 4.74 Å². The molecule has 1 N–H and O–H groups in total. The van der Waals surface area contributed by atoms with E-state index in [1.54, 1.807) is 6.08 Å². The van der Waals surface area contributed by atoms with Crippen LogP contribution in [0.25, 0.3) is 0 Å². The molecule has 0 radical (unpaired) electrons. The Morgan fingerprint density at radius 3 is 3.09 bits per heavy atom. The van der Waals surface area contributed by atoms with E-state index in [4.69, 9.17) is 4.74 Å². The Kier molecular flexibility index (Phi) is 3.60. The van der Waals surface area contributed by atoms with Gasteiger partial charge in [-0.2, -0.15) is 0 Å². The lowest BCUT2D eigenvalue weighted by atomic mass is 9.94. The Morgan fingerprint density at radius 2 is 2.55 bits per heavy atom. The summed E-state index contributed by atoms with van der Waals surface area (Å²) < 4.78 is 5.26. The molecule has 0 amide bonds. The fourth-order valence-electron chi connectivity index (χ4n) is 1.43. The van der Waals surface area contributed by atoms with Crippen LogP contribution < -0.4 is 0 Å². The molecule has 2 unspecified atom stereocenters. The lowest BCUT2D eigenvalue weighted by Crippen LogP contribution is -2.28. The van der Waals surface area contributed by atoms with Gasteiger partial charge in [0.05, 0.1) is 12.7 Å². The van der Waals surface area contributed by atoms with Gasteiger partial charge < -0.3 is 9.84 Å². The number of hydrogen-bond acceptors (Lipinski definition) is 2. The zero-order valence-corrected chi connectivity index (χ0v) is 6.83. The van der Waals surface area contributed by atoms with Crippen LogP contribution in [-0.4, -0.2) is 24.4 Å². The zero-order chi connectivity index (χ0) is 8.10. The highest BCUT2D eigenvalue weighted by atomic mass is 16.5.